The molecular formula is C39H25N3S2. The Morgan fingerprint density at radius 3 is 2.52 bits per heavy atom. The summed E-state index contributed by atoms with van der Waals surface area (Å²) < 4.78 is 4.97. The molecule has 0 fully saturated rings. The van der Waals surface area contributed by atoms with Crippen LogP contribution >= 0.6 is 23.1 Å². The highest BCUT2D eigenvalue weighted by molar-refractivity contribution is 8.00. The molecule has 0 amide bonds. The number of rotatable bonds is 3. The zero-order chi connectivity index (χ0) is 28.8. The van der Waals surface area contributed by atoms with E-state index in [0.717, 1.165) is 17.2 Å². The Hall–Kier alpha value is -4.84. The first kappa shape index (κ1) is 24.6. The Labute approximate surface area is 262 Å². The van der Waals surface area contributed by atoms with E-state index < -0.39 is 0 Å². The van der Waals surface area contributed by atoms with Crippen molar-refractivity contribution in [2.45, 2.75) is 16.1 Å². The molecular weight excluding hydrogens is 575 g/mol. The van der Waals surface area contributed by atoms with Crippen molar-refractivity contribution in [1.82, 2.24) is 14.5 Å². The maximum atomic E-state index is 5.30. The Kier molecular flexibility index (Phi) is 5.21. The van der Waals surface area contributed by atoms with Gasteiger partial charge in [-0.1, -0.05) is 109 Å². The SMILES string of the molecule is C1=CC2Sc3c(-c4c[nH]c(-n5c6cc(-c7ccccc7)ccc6c6c7sc8ccccc8c7ccc65)n4)cccc3C2C=C1. The van der Waals surface area contributed by atoms with Crippen LogP contribution in [-0.2, 0) is 0 Å². The van der Waals surface area contributed by atoms with Crippen molar-refractivity contribution in [2.24, 2.45) is 0 Å². The van der Waals surface area contributed by atoms with Crippen molar-refractivity contribution in [2.75, 3.05) is 0 Å². The molecule has 1 N–H and O–H groups in total. The third-order valence-electron chi connectivity index (χ3n) is 9.18. The Bertz CT molecular complexity index is 2490. The monoisotopic (exact) mass is 599 g/mol. The topological polar surface area (TPSA) is 33.6 Å². The third-order valence-corrected chi connectivity index (χ3v) is 11.8. The molecule has 4 heterocycles. The first-order valence-electron chi connectivity index (χ1n) is 15.0. The highest BCUT2D eigenvalue weighted by Crippen LogP contribution is 2.51. The molecule has 1 aliphatic carbocycles. The van der Waals surface area contributed by atoms with Gasteiger partial charge < -0.3 is 4.98 Å². The molecule has 8 aromatic rings. The number of thioether (sulfide) groups is 1. The van der Waals surface area contributed by atoms with E-state index >= 15 is 0 Å². The number of aromatic amines is 1. The van der Waals surface area contributed by atoms with Crippen LogP contribution in [0.15, 0.2) is 139 Å². The van der Waals surface area contributed by atoms with E-state index in [1.807, 2.05) is 23.1 Å². The first-order chi connectivity index (χ1) is 21.8. The van der Waals surface area contributed by atoms with Crippen LogP contribution in [0.2, 0.25) is 0 Å². The predicted molar refractivity (Wildman–Crippen MR) is 187 cm³/mol. The van der Waals surface area contributed by atoms with E-state index in [-0.39, 0.29) is 0 Å². The second-order valence-electron chi connectivity index (χ2n) is 11.6. The van der Waals surface area contributed by atoms with Gasteiger partial charge in [-0.25, -0.2) is 4.98 Å². The maximum Gasteiger partial charge on any atom is 0.212 e. The fourth-order valence-electron chi connectivity index (χ4n) is 7.15. The minimum absolute atomic E-state index is 0.427. The van der Waals surface area contributed by atoms with E-state index in [0.29, 0.717) is 11.2 Å². The number of nitrogens with one attached hydrogen (secondary N) is 1. The van der Waals surface area contributed by atoms with Crippen molar-refractivity contribution in [3.05, 3.63) is 139 Å². The molecule has 2 unspecified atom stereocenters. The summed E-state index contributed by atoms with van der Waals surface area (Å²) in [5.74, 6) is 1.26. The molecule has 5 heteroatoms. The average molecular weight is 600 g/mol. The summed E-state index contributed by atoms with van der Waals surface area (Å²) in [4.78, 5) is 10.2. The highest BCUT2D eigenvalue weighted by atomic mass is 32.2. The lowest BCUT2D eigenvalue weighted by atomic mass is 9.91. The Balaban J connectivity index is 1.22. The van der Waals surface area contributed by atoms with E-state index in [1.165, 1.54) is 63.6 Å². The van der Waals surface area contributed by atoms with Crippen LogP contribution in [0.25, 0.3) is 70.3 Å². The van der Waals surface area contributed by atoms with Gasteiger partial charge in [0.15, 0.2) is 0 Å². The second kappa shape index (κ2) is 9.33. The smallest absolute Gasteiger partial charge is 0.212 e. The molecule has 3 nitrogen and oxygen atoms in total. The van der Waals surface area contributed by atoms with Crippen LogP contribution in [0.5, 0.6) is 0 Å². The van der Waals surface area contributed by atoms with Crippen LogP contribution in [-0.4, -0.2) is 19.8 Å². The van der Waals surface area contributed by atoms with Gasteiger partial charge in [0.2, 0.25) is 5.95 Å². The number of allylic oxidation sites excluding steroid dienone is 3. The number of aromatic nitrogens is 3. The van der Waals surface area contributed by atoms with Gasteiger partial charge in [0, 0.05) is 58.8 Å². The maximum absolute atomic E-state index is 5.30. The van der Waals surface area contributed by atoms with Gasteiger partial charge in [-0.15, -0.1) is 23.1 Å². The van der Waals surface area contributed by atoms with Crippen LogP contribution in [0, 0.1) is 0 Å². The van der Waals surface area contributed by atoms with Gasteiger partial charge in [0.05, 0.1) is 16.7 Å². The molecule has 2 aliphatic rings. The fourth-order valence-corrected chi connectivity index (χ4v) is 9.88. The summed E-state index contributed by atoms with van der Waals surface area (Å²) in [5, 5.41) is 5.61. The van der Waals surface area contributed by atoms with E-state index in [1.54, 1.807) is 0 Å². The molecule has 0 saturated carbocycles. The normalized spacial score (nSPS) is 17.3. The molecule has 5 aromatic carbocycles. The van der Waals surface area contributed by atoms with Gasteiger partial charge in [0.25, 0.3) is 0 Å². The third kappa shape index (κ3) is 3.48. The molecule has 44 heavy (non-hydrogen) atoms. The van der Waals surface area contributed by atoms with Gasteiger partial charge >= 0.3 is 0 Å². The second-order valence-corrected chi connectivity index (χ2v) is 13.8. The molecule has 0 bridgehead atoms. The Morgan fingerprint density at radius 1 is 0.705 bits per heavy atom. The molecule has 3 aromatic heterocycles. The molecule has 10 rings (SSSR count). The van der Waals surface area contributed by atoms with Crippen molar-refractivity contribution < 1.29 is 0 Å². The van der Waals surface area contributed by atoms with E-state index in [9.17, 15) is 0 Å². The lowest BCUT2D eigenvalue weighted by molar-refractivity contribution is 0.881. The van der Waals surface area contributed by atoms with Crippen LogP contribution < -0.4 is 0 Å². The number of benzene rings is 5. The van der Waals surface area contributed by atoms with Gasteiger partial charge in [0.1, 0.15) is 0 Å². The van der Waals surface area contributed by atoms with Crippen LogP contribution in [0.3, 0.4) is 0 Å². The number of fused-ring (bicyclic) bond motifs is 10. The molecule has 2 atom stereocenters. The average Bonchev–Trinajstić information content (AvgIpc) is 3.86. The van der Waals surface area contributed by atoms with Crippen molar-refractivity contribution in [3.8, 4) is 28.3 Å². The highest BCUT2D eigenvalue weighted by Gasteiger charge is 2.33. The van der Waals surface area contributed by atoms with Crippen LogP contribution in [0.1, 0.15) is 11.5 Å². The zero-order valence-corrected chi connectivity index (χ0v) is 25.2. The molecule has 208 valence electrons. The molecule has 1 aliphatic heterocycles. The summed E-state index contributed by atoms with van der Waals surface area (Å²) in [6, 6.07) is 37.5. The summed E-state index contributed by atoms with van der Waals surface area (Å²) in [5.41, 5.74) is 8.30. The number of hydrogen-bond acceptors (Lipinski definition) is 3. The zero-order valence-electron chi connectivity index (χ0n) is 23.6. The fraction of sp³-hybridized carbons (Fsp3) is 0.0513. The lowest BCUT2D eigenvalue weighted by Crippen LogP contribution is -2.06. The molecule has 0 spiro atoms. The van der Waals surface area contributed by atoms with E-state index in [2.05, 4.69) is 143 Å². The predicted octanol–water partition coefficient (Wildman–Crippen LogP) is 10.9. The number of imidazole rings is 1. The standard InChI is InChI=1S/C39H25N3S2/c1-2-9-23(10-3-1)24-17-18-30-33(21-24)42(32-20-19-28-26-12-5-7-16-35(26)44-38(28)36(30)32)39-40-22-31(41-39)29-14-8-13-27-25-11-4-6-15-34(25)43-37(27)29/h1-22,25,34H,(H,40,41). The van der Waals surface area contributed by atoms with Crippen LogP contribution in [0.4, 0.5) is 0 Å². The number of nitrogens with zero attached hydrogens (tertiary/aromatic N) is 2. The van der Waals surface area contributed by atoms with Gasteiger partial charge in [-0.3, -0.25) is 4.57 Å². The van der Waals surface area contributed by atoms with Gasteiger partial charge in [-0.2, -0.15) is 0 Å². The number of hydrogen-bond donors (Lipinski definition) is 1. The minimum atomic E-state index is 0.427. The number of thiophene rings is 1. The van der Waals surface area contributed by atoms with E-state index in [4.69, 9.17) is 4.98 Å². The Morgan fingerprint density at radius 2 is 1.57 bits per heavy atom. The summed E-state index contributed by atoms with van der Waals surface area (Å²) >= 11 is 3.84. The first-order valence-corrected chi connectivity index (χ1v) is 16.7. The van der Waals surface area contributed by atoms with Gasteiger partial charge in [-0.05, 0) is 34.9 Å². The van der Waals surface area contributed by atoms with Crippen molar-refractivity contribution in [3.63, 3.8) is 0 Å². The number of H-pyrrole nitrogens is 1. The quantitative estimate of drug-likeness (QED) is 0.219. The minimum Gasteiger partial charge on any atom is -0.330 e. The summed E-state index contributed by atoms with van der Waals surface area (Å²) in [6.45, 7) is 0. The summed E-state index contributed by atoms with van der Waals surface area (Å²) in [7, 11) is 0. The van der Waals surface area contributed by atoms with Crippen molar-refractivity contribution in [1.29, 1.82) is 0 Å². The lowest BCUT2D eigenvalue weighted by Gasteiger charge is -2.14. The largest absolute Gasteiger partial charge is 0.330 e. The molecule has 0 saturated heterocycles. The summed E-state index contributed by atoms with van der Waals surface area (Å²) in [6.07, 6.45) is 11.1. The molecule has 0 radical (unpaired) electrons. The van der Waals surface area contributed by atoms with Crippen molar-refractivity contribution >= 4 is 65.1 Å².